The highest BCUT2D eigenvalue weighted by Crippen LogP contribution is 2.20. The Labute approximate surface area is 124 Å². The molecule has 0 aliphatic heterocycles. The predicted molar refractivity (Wildman–Crippen MR) is 85.8 cm³/mol. The number of amides is 1. The molecule has 0 radical (unpaired) electrons. The molecule has 0 heterocycles. The van der Waals surface area contributed by atoms with E-state index < -0.39 is 0 Å². The summed E-state index contributed by atoms with van der Waals surface area (Å²) in [5.74, 6) is 0.631. The van der Waals surface area contributed by atoms with E-state index in [1.54, 1.807) is 0 Å². The molecule has 1 amide bonds. The van der Waals surface area contributed by atoms with Crippen molar-refractivity contribution in [1.29, 1.82) is 0 Å². The van der Waals surface area contributed by atoms with E-state index in [1.165, 1.54) is 63.5 Å². The highest BCUT2D eigenvalue weighted by Gasteiger charge is 2.15. The lowest BCUT2D eigenvalue weighted by Gasteiger charge is -2.19. The maximum absolute atomic E-state index is 11.7. The Morgan fingerprint density at radius 1 is 1.15 bits per heavy atom. The molecule has 1 aliphatic rings. The van der Waals surface area contributed by atoms with E-state index in [1.807, 2.05) is 0 Å². The van der Waals surface area contributed by atoms with Crippen LogP contribution in [0.25, 0.3) is 0 Å². The largest absolute Gasteiger partial charge is 0.273 e. The van der Waals surface area contributed by atoms with Crippen molar-refractivity contribution in [2.75, 3.05) is 0 Å². The van der Waals surface area contributed by atoms with Gasteiger partial charge in [0.1, 0.15) is 0 Å². The third-order valence-corrected chi connectivity index (χ3v) is 4.22. The van der Waals surface area contributed by atoms with Crippen LogP contribution in [-0.4, -0.2) is 11.6 Å². The van der Waals surface area contributed by atoms with Crippen molar-refractivity contribution in [1.82, 2.24) is 5.43 Å². The van der Waals surface area contributed by atoms with Crippen LogP contribution in [0.5, 0.6) is 0 Å². The minimum Gasteiger partial charge on any atom is -0.273 e. The number of hydrogen-bond donors (Lipinski definition) is 1. The van der Waals surface area contributed by atoms with Crippen LogP contribution in [0.3, 0.4) is 0 Å². The normalized spacial score (nSPS) is 21.1. The second kappa shape index (κ2) is 10.9. The molecule has 3 heteroatoms. The van der Waals surface area contributed by atoms with Crippen molar-refractivity contribution in [2.24, 2.45) is 11.0 Å². The molecule has 0 aromatic rings. The van der Waals surface area contributed by atoms with Gasteiger partial charge in [0.05, 0.1) is 0 Å². The fraction of sp³-hybridized carbons (Fsp3) is 0.882. The van der Waals surface area contributed by atoms with Crippen LogP contribution in [0.2, 0.25) is 0 Å². The maximum Gasteiger partial charge on any atom is 0.240 e. The number of carbonyl (C=O) groups is 1. The number of nitrogens with one attached hydrogen (secondary N) is 1. The van der Waals surface area contributed by atoms with Gasteiger partial charge >= 0.3 is 0 Å². The van der Waals surface area contributed by atoms with Gasteiger partial charge in [-0.25, -0.2) is 5.43 Å². The van der Waals surface area contributed by atoms with Gasteiger partial charge in [0.2, 0.25) is 5.91 Å². The summed E-state index contributed by atoms with van der Waals surface area (Å²) in [6.45, 7) is 4.44. The Morgan fingerprint density at radius 2 is 1.85 bits per heavy atom. The monoisotopic (exact) mass is 280 g/mol. The van der Waals surface area contributed by atoms with Crippen LogP contribution in [0.15, 0.2) is 5.10 Å². The van der Waals surface area contributed by atoms with Crippen LogP contribution in [0, 0.1) is 5.92 Å². The van der Waals surface area contributed by atoms with Crippen molar-refractivity contribution < 1.29 is 4.79 Å². The number of rotatable bonds is 9. The van der Waals surface area contributed by atoms with Gasteiger partial charge in [0.25, 0.3) is 0 Å². The van der Waals surface area contributed by atoms with E-state index in [0.29, 0.717) is 12.3 Å². The van der Waals surface area contributed by atoms with E-state index in [0.717, 1.165) is 12.8 Å². The van der Waals surface area contributed by atoms with Crippen LogP contribution in [-0.2, 0) is 4.79 Å². The summed E-state index contributed by atoms with van der Waals surface area (Å²) in [6.07, 6.45) is 14.1. The van der Waals surface area contributed by atoms with Gasteiger partial charge in [-0.05, 0) is 31.6 Å². The quantitative estimate of drug-likeness (QED) is 0.478. The predicted octanol–water partition coefficient (Wildman–Crippen LogP) is 4.81. The molecule has 3 nitrogen and oxygen atoms in total. The second-order valence-electron chi connectivity index (χ2n) is 6.16. The zero-order chi connectivity index (χ0) is 14.6. The molecule has 0 aromatic heterocycles. The van der Waals surface area contributed by atoms with E-state index in [4.69, 9.17) is 0 Å². The molecule has 20 heavy (non-hydrogen) atoms. The molecule has 1 fully saturated rings. The molecule has 1 N–H and O–H groups in total. The molecular weight excluding hydrogens is 248 g/mol. The standard InChI is InChI=1S/C17H32N2O/c1-3-4-5-6-7-8-9-14-17(20)19-18-16-13-11-10-12-15(16)2/h15H,3-14H2,1-2H3,(H,19,20). The van der Waals surface area contributed by atoms with Crippen LogP contribution >= 0.6 is 0 Å². The molecule has 0 saturated heterocycles. The Kier molecular flexibility index (Phi) is 9.35. The molecule has 1 unspecified atom stereocenters. The smallest absolute Gasteiger partial charge is 0.240 e. The number of unbranched alkanes of at least 4 members (excludes halogenated alkanes) is 6. The first-order valence-corrected chi connectivity index (χ1v) is 8.59. The molecule has 0 aromatic carbocycles. The average Bonchev–Trinajstić information content (AvgIpc) is 2.45. The maximum atomic E-state index is 11.7. The fourth-order valence-electron chi connectivity index (χ4n) is 2.77. The van der Waals surface area contributed by atoms with Crippen molar-refractivity contribution in [3.8, 4) is 0 Å². The zero-order valence-electron chi connectivity index (χ0n) is 13.4. The van der Waals surface area contributed by atoms with Crippen LogP contribution in [0.4, 0.5) is 0 Å². The lowest BCUT2D eigenvalue weighted by atomic mass is 9.89. The molecule has 1 saturated carbocycles. The number of hydrazone groups is 1. The van der Waals surface area contributed by atoms with E-state index in [2.05, 4.69) is 24.4 Å². The second-order valence-corrected chi connectivity index (χ2v) is 6.16. The Balaban J connectivity index is 2.04. The average molecular weight is 280 g/mol. The SMILES string of the molecule is CCCCCCCCCC(=O)NN=C1CCCCC1C. The molecule has 0 bridgehead atoms. The van der Waals surface area contributed by atoms with Gasteiger partial charge in [-0.1, -0.05) is 58.8 Å². The summed E-state index contributed by atoms with van der Waals surface area (Å²) >= 11 is 0. The Hall–Kier alpha value is -0.860. The summed E-state index contributed by atoms with van der Waals surface area (Å²) in [4.78, 5) is 11.7. The molecule has 0 spiro atoms. The molecule has 1 rings (SSSR count). The van der Waals surface area contributed by atoms with Gasteiger partial charge in [-0.15, -0.1) is 0 Å². The molecule has 116 valence electrons. The zero-order valence-corrected chi connectivity index (χ0v) is 13.4. The van der Waals surface area contributed by atoms with Gasteiger partial charge < -0.3 is 0 Å². The summed E-state index contributed by atoms with van der Waals surface area (Å²) in [6, 6.07) is 0. The Morgan fingerprint density at radius 3 is 2.55 bits per heavy atom. The van der Waals surface area contributed by atoms with E-state index in [9.17, 15) is 4.79 Å². The summed E-state index contributed by atoms with van der Waals surface area (Å²) in [7, 11) is 0. The number of carbonyl (C=O) groups excluding carboxylic acids is 1. The number of hydrogen-bond acceptors (Lipinski definition) is 2. The minimum atomic E-state index is 0.0869. The fourth-order valence-corrected chi connectivity index (χ4v) is 2.77. The summed E-state index contributed by atoms with van der Waals surface area (Å²) in [5, 5.41) is 4.32. The third kappa shape index (κ3) is 7.66. The lowest BCUT2D eigenvalue weighted by Crippen LogP contribution is -2.24. The minimum absolute atomic E-state index is 0.0869. The first kappa shape index (κ1) is 17.2. The highest BCUT2D eigenvalue weighted by atomic mass is 16.2. The first-order valence-electron chi connectivity index (χ1n) is 8.59. The molecular formula is C17H32N2O. The first-order chi connectivity index (χ1) is 9.74. The molecule has 1 aliphatic carbocycles. The van der Waals surface area contributed by atoms with Gasteiger partial charge in [0, 0.05) is 12.1 Å². The number of nitrogens with zero attached hydrogens (tertiary/aromatic N) is 1. The van der Waals surface area contributed by atoms with E-state index in [-0.39, 0.29) is 5.91 Å². The van der Waals surface area contributed by atoms with Crippen LogP contribution < -0.4 is 5.43 Å². The van der Waals surface area contributed by atoms with Crippen molar-refractivity contribution >= 4 is 11.6 Å². The highest BCUT2D eigenvalue weighted by molar-refractivity contribution is 5.88. The van der Waals surface area contributed by atoms with Gasteiger partial charge in [0.15, 0.2) is 0 Å². The van der Waals surface area contributed by atoms with Gasteiger partial charge in [-0.3, -0.25) is 4.79 Å². The van der Waals surface area contributed by atoms with Crippen molar-refractivity contribution in [3.05, 3.63) is 0 Å². The topological polar surface area (TPSA) is 41.5 Å². The lowest BCUT2D eigenvalue weighted by molar-refractivity contribution is -0.121. The molecule has 1 atom stereocenters. The Bertz CT molecular complexity index is 299. The van der Waals surface area contributed by atoms with Crippen molar-refractivity contribution in [3.63, 3.8) is 0 Å². The summed E-state index contributed by atoms with van der Waals surface area (Å²) in [5.41, 5.74) is 3.93. The van der Waals surface area contributed by atoms with Crippen molar-refractivity contribution in [2.45, 2.75) is 90.9 Å². The summed E-state index contributed by atoms with van der Waals surface area (Å²) < 4.78 is 0. The van der Waals surface area contributed by atoms with E-state index >= 15 is 0 Å². The van der Waals surface area contributed by atoms with Crippen LogP contribution in [0.1, 0.15) is 90.9 Å². The third-order valence-electron chi connectivity index (χ3n) is 4.22. The van der Waals surface area contributed by atoms with Gasteiger partial charge in [-0.2, -0.15) is 5.10 Å².